The summed E-state index contributed by atoms with van der Waals surface area (Å²) in [5, 5.41) is 13.1. The Morgan fingerprint density at radius 1 is 1.43 bits per heavy atom. The number of hydrogen-bond donors (Lipinski definition) is 2. The van der Waals surface area contributed by atoms with Gasteiger partial charge in [0.15, 0.2) is 0 Å². The van der Waals surface area contributed by atoms with E-state index in [0.29, 0.717) is 17.1 Å². The van der Waals surface area contributed by atoms with Gasteiger partial charge in [0.1, 0.15) is 0 Å². The van der Waals surface area contributed by atoms with Crippen LogP contribution >= 0.6 is 11.6 Å². The molecule has 0 aromatic heterocycles. The average Bonchev–Trinajstić information content (AvgIpc) is 2.53. The zero-order chi connectivity index (χ0) is 16.7. The molecule has 0 saturated carbocycles. The molecule has 1 aliphatic rings. The van der Waals surface area contributed by atoms with Crippen molar-refractivity contribution < 1.29 is 9.90 Å². The summed E-state index contributed by atoms with van der Waals surface area (Å²) in [6.07, 6.45) is 4.34. The van der Waals surface area contributed by atoms with E-state index in [1.807, 2.05) is 37.3 Å². The SMILES string of the molecule is C/C(=C/c1cccc(Cl)c1)C(=O)NCCCN1CCC(O)CC1. The maximum absolute atomic E-state index is 12.1. The number of carbonyl (C=O) groups excluding carboxylic acids is 1. The normalized spacial score (nSPS) is 17.3. The highest BCUT2D eigenvalue weighted by Crippen LogP contribution is 2.14. The molecule has 4 nitrogen and oxygen atoms in total. The van der Waals surface area contributed by atoms with Gasteiger partial charge in [-0.1, -0.05) is 23.7 Å². The molecule has 126 valence electrons. The Morgan fingerprint density at radius 2 is 2.17 bits per heavy atom. The van der Waals surface area contributed by atoms with Gasteiger partial charge < -0.3 is 15.3 Å². The smallest absolute Gasteiger partial charge is 0.246 e. The maximum atomic E-state index is 12.1. The van der Waals surface area contributed by atoms with Crippen LogP contribution in [0, 0.1) is 0 Å². The van der Waals surface area contributed by atoms with Crippen LogP contribution in [0.1, 0.15) is 31.7 Å². The number of amides is 1. The summed E-state index contributed by atoms with van der Waals surface area (Å²) in [5.41, 5.74) is 1.60. The second-order valence-electron chi connectivity index (χ2n) is 6.06. The Bertz CT molecular complexity index is 552. The van der Waals surface area contributed by atoms with Gasteiger partial charge in [0.05, 0.1) is 6.10 Å². The number of piperidine rings is 1. The third-order valence-electron chi connectivity index (χ3n) is 4.08. The van der Waals surface area contributed by atoms with Gasteiger partial charge in [-0.2, -0.15) is 0 Å². The molecule has 5 heteroatoms. The van der Waals surface area contributed by atoms with Crippen molar-refractivity contribution in [1.82, 2.24) is 10.2 Å². The number of nitrogens with zero attached hydrogens (tertiary/aromatic N) is 1. The molecule has 1 saturated heterocycles. The van der Waals surface area contributed by atoms with E-state index in [-0.39, 0.29) is 12.0 Å². The number of benzene rings is 1. The van der Waals surface area contributed by atoms with Crippen LogP contribution in [0.2, 0.25) is 5.02 Å². The number of aliphatic hydroxyl groups is 1. The van der Waals surface area contributed by atoms with Crippen molar-refractivity contribution >= 4 is 23.6 Å². The van der Waals surface area contributed by atoms with Crippen molar-refractivity contribution in [2.45, 2.75) is 32.3 Å². The fraction of sp³-hybridized carbons (Fsp3) is 0.500. The molecule has 1 aromatic carbocycles. The maximum Gasteiger partial charge on any atom is 0.246 e. The molecule has 23 heavy (non-hydrogen) atoms. The van der Waals surface area contributed by atoms with Gasteiger partial charge in [0.2, 0.25) is 5.91 Å². The lowest BCUT2D eigenvalue weighted by Gasteiger charge is -2.29. The number of aliphatic hydroxyl groups excluding tert-OH is 1. The third kappa shape index (κ3) is 6.34. The van der Waals surface area contributed by atoms with Gasteiger partial charge in [-0.3, -0.25) is 4.79 Å². The van der Waals surface area contributed by atoms with Crippen LogP contribution in [-0.4, -0.2) is 48.2 Å². The Hall–Kier alpha value is -1.36. The predicted molar refractivity (Wildman–Crippen MR) is 94.4 cm³/mol. The number of halogens is 1. The first kappa shape index (κ1) is 18.0. The van der Waals surface area contributed by atoms with E-state index in [2.05, 4.69) is 10.2 Å². The van der Waals surface area contributed by atoms with Gasteiger partial charge in [-0.25, -0.2) is 0 Å². The fourth-order valence-electron chi connectivity index (χ4n) is 2.70. The highest BCUT2D eigenvalue weighted by molar-refractivity contribution is 6.30. The van der Waals surface area contributed by atoms with Gasteiger partial charge in [0, 0.05) is 30.2 Å². The first-order valence-corrected chi connectivity index (χ1v) is 8.55. The lowest BCUT2D eigenvalue weighted by Crippen LogP contribution is -2.37. The minimum atomic E-state index is -0.134. The number of carbonyl (C=O) groups is 1. The number of nitrogens with one attached hydrogen (secondary N) is 1. The van der Waals surface area contributed by atoms with E-state index in [4.69, 9.17) is 11.6 Å². The molecule has 0 spiro atoms. The van der Waals surface area contributed by atoms with Gasteiger partial charge >= 0.3 is 0 Å². The number of rotatable bonds is 6. The number of hydrogen-bond acceptors (Lipinski definition) is 3. The molecule has 0 bridgehead atoms. The van der Waals surface area contributed by atoms with Crippen LogP contribution in [0.3, 0.4) is 0 Å². The minimum Gasteiger partial charge on any atom is -0.393 e. The van der Waals surface area contributed by atoms with Crippen molar-refractivity contribution in [1.29, 1.82) is 0 Å². The topological polar surface area (TPSA) is 52.6 Å². The van der Waals surface area contributed by atoms with E-state index < -0.39 is 0 Å². The minimum absolute atomic E-state index is 0.0426. The Morgan fingerprint density at radius 3 is 2.87 bits per heavy atom. The largest absolute Gasteiger partial charge is 0.393 e. The van der Waals surface area contributed by atoms with Crippen molar-refractivity contribution in [2.24, 2.45) is 0 Å². The molecule has 2 rings (SSSR count). The molecular weight excluding hydrogens is 312 g/mol. The quantitative estimate of drug-likeness (QED) is 0.620. The van der Waals surface area contributed by atoms with Crippen molar-refractivity contribution in [2.75, 3.05) is 26.2 Å². The second kappa shape index (κ2) is 9.06. The van der Waals surface area contributed by atoms with E-state index in [1.54, 1.807) is 0 Å². The third-order valence-corrected chi connectivity index (χ3v) is 4.32. The summed E-state index contributed by atoms with van der Waals surface area (Å²) in [4.78, 5) is 14.4. The van der Waals surface area contributed by atoms with Crippen LogP contribution in [0.4, 0.5) is 0 Å². The molecule has 0 radical (unpaired) electrons. The van der Waals surface area contributed by atoms with E-state index in [1.165, 1.54) is 0 Å². The Balaban J connectivity index is 1.70. The van der Waals surface area contributed by atoms with Gasteiger partial charge in [-0.15, -0.1) is 0 Å². The molecule has 1 amide bonds. The lowest BCUT2D eigenvalue weighted by atomic mass is 10.1. The molecule has 0 atom stereocenters. The molecule has 2 N–H and O–H groups in total. The molecule has 0 aliphatic carbocycles. The first-order chi connectivity index (χ1) is 11.0. The van der Waals surface area contributed by atoms with Gasteiger partial charge in [0.25, 0.3) is 0 Å². The summed E-state index contributed by atoms with van der Waals surface area (Å²) in [6.45, 7) is 5.33. The van der Waals surface area contributed by atoms with Crippen LogP contribution < -0.4 is 5.32 Å². The van der Waals surface area contributed by atoms with Gasteiger partial charge in [-0.05, 0) is 56.5 Å². The zero-order valence-electron chi connectivity index (χ0n) is 13.6. The summed E-state index contributed by atoms with van der Waals surface area (Å²) in [7, 11) is 0. The zero-order valence-corrected chi connectivity index (χ0v) is 14.4. The van der Waals surface area contributed by atoms with Crippen molar-refractivity contribution in [3.63, 3.8) is 0 Å². The Labute approximate surface area is 143 Å². The fourth-order valence-corrected chi connectivity index (χ4v) is 2.90. The summed E-state index contributed by atoms with van der Waals surface area (Å²) in [6, 6.07) is 7.44. The summed E-state index contributed by atoms with van der Waals surface area (Å²) < 4.78 is 0. The molecule has 1 heterocycles. The monoisotopic (exact) mass is 336 g/mol. The van der Waals surface area contributed by atoms with Crippen LogP contribution in [-0.2, 0) is 4.79 Å². The first-order valence-electron chi connectivity index (χ1n) is 8.17. The second-order valence-corrected chi connectivity index (χ2v) is 6.50. The van der Waals surface area contributed by atoms with Crippen molar-refractivity contribution in [3.8, 4) is 0 Å². The van der Waals surface area contributed by atoms with Crippen LogP contribution in [0.15, 0.2) is 29.8 Å². The van der Waals surface area contributed by atoms with Crippen molar-refractivity contribution in [3.05, 3.63) is 40.4 Å². The van der Waals surface area contributed by atoms with Crippen LogP contribution in [0.5, 0.6) is 0 Å². The Kier molecular flexibility index (Phi) is 7.09. The molecule has 1 aliphatic heterocycles. The molecule has 1 fully saturated rings. The highest BCUT2D eigenvalue weighted by atomic mass is 35.5. The molecule has 0 unspecified atom stereocenters. The van der Waals surface area contributed by atoms with Crippen LogP contribution in [0.25, 0.3) is 6.08 Å². The van der Waals surface area contributed by atoms with E-state index in [0.717, 1.165) is 44.5 Å². The summed E-state index contributed by atoms with van der Waals surface area (Å²) in [5.74, 6) is -0.0426. The number of likely N-dealkylation sites (tertiary alicyclic amines) is 1. The average molecular weight is 337 g/mol. The van der Waals surface area contributed by atoms with E-state index in [9.17, 15) is 9.90 Å². The molecule has 1 aromatic rings. The standard InChI is InChI=1S/C18H25ClN2O2/c1-14(12-15-4-2-5-16(19)13-15)18(23)20-8-3-9-21-10-6-17(22)7-11-21/h2,4-5,12-13,17,22H,3,6-11H2,1H3,(H,20,23)/b14-12-. The lowest BCUT2D eigenvalue weighted by molar-refractivity contribution is -0.117. The predicted octanol–water partition coefficient (Wildman–Crippen LogP) is 2.71. The van der Waals surface area contributed by atoms with E-state index >= 15 is 0 Å². The molecular formula is C18H25ClN2O2. The highest BCUT2D eigenvalue weighted by Gasteiger charge is 2.16. The summed E-state index contributed by atoms with van der Waals surface area (Å²) >= 11 is 5.94.